The van der Waals surface area contributed by atoms with Crippen LogP contribution in [0.5, 0.6) is 0 Å². The van der Waals surface area contributed by atoms with Crippen molar-refractivity contribution < 1.29 is 31.4 Å². The minimum absolute atomic E-state index is 0.00285. The summed E-state index contributed by atoms with van der Waals surface area (Å²) < 4.78 is 80.1. The summed E-state index contributed by atoms with van der Waals surface area (Å²) in [7, 11) is 0. The SMILES string of the molecule is CCCc1cc(C(O)(C(F)(F)F)C(F)(F)F)cc2c1[nH]c(=O)c1ccccc12. The lowest BCUT2D eigenvalue weighted by Crippen LogP contribution is -2.54. The number of hydrogen-bond acceptors (Lipinski definition) is 2. The summed E-state index contributed by atoms with van der Waals surface area (Å²) in [6, 6.07) is 7.21. The second kappa shape index (κ2) is 6.51. The maximum Gasteiger partial charge on any atom is 0.430 e. The number of aromatic nitrogens is 1. The summed E-state index contributed by atoms with van der Waals surface area (Å²) in [6.07, 6.45) is -11.4. The van der Waals surface area contributed by atoms with Gasteiger partial charge in [-0.2, -0.15) is 26.3 Å². The van der Waals surface area contributed by atoms with Crippen LogP contribution in [0.3, 0.4) is 0 Å². The van der Waals surface area contributed by atoms with Crippen LogP contribution in [0.1, 0.15) is 24.5 Å². The van der Waals surface area contributed by atoms with Gasteiger partial charge < -0.3 is 10.1 Å². The number of aryl methyl sites for hydroxylation is 1. The maximum atomic E-state index is 13.4. The molecular weight excluding hydrogens is 388 g/mol. The van der Waals surface area contributed by atoms with Crippen molar-refractivity contribution in [3.63, 3.8) is 0 Å². The van der Waals surface area contributed by atoms with Gasteiger partial charge in [-0.15, -0.1) is 0 Å². The minimum Gasteiger partial charge on any atom is -0.369 e. The summed E-state index contributed by atoms with van der Waals surface area (Å²) in [5.41, 5.74) is -6.63. The first-order valence-electron chi connectivity index (χ1n) is 8.35. The summed E-state index contributed by atoms with van der Waals surface area (Å²) in [4.78, 5) is 14.8. The number of benzene rings is 2. The van der Waals surface area contributed by atoms with Crippen molar-refractivity contribution in [2.45, 2.75) is 37.7 Å². The van der Waals surface area contributed by atoms with Crippen LogP contribution in [0.25, 0.3) is 21.7 Å². The fourth-order valence-corrected chi connectivity index (χ4v) is 3.32. The van der Waals surface area contributed by atoms with Gasteiger partial charge in [0.1, 0.15) is 0 Å². The minimum atomic E-state index is -5.99. The zero-order valence-electron chi connectivity index (χ0n) is 14.5. The van der Waals surface area contributed by atoms with Crippen LogP contribution >= 0.6 is 0 Å². The molecule has 0 spiro atoms. The van der Waals surface area contributed by atoms with Crippen LogP contribution in [0.2, 0.25) is 0 Å². The molecule has 0 aliphatic heterocycles. The van der Waals surface area contributed by atoms with E-state index in [4.69, 9.17) is 0 Å². The van der Waals surface area contributed by atoms with Crippen molar-refractivity contribution in [3.8, 4) is 0 Å². The molecule has 2 aromatic carbocycles. The first-order chi connectivity index (χ1) is 12.9. The lowest BCUT2D eigenvalue weighted by atomic mass is 9.87. The predicted molar refractivity (Wildman–Crippen MR) is 92.1 cm³/mol. The topological polar surface area (TPSA) is 53.1 Å². The predicted octanol–water partition coefficient (Wildman–Crippen LogP) is 4.95. The number of hydrogen-bond donors (Lipinski definition) is 2. The molecule has 28 heavy (non-hydrogen) atoms. The lowest BCUT2D eigenvalue weighted by Gasteiger charge is -2.33. The van der Waals surface area contributed by atoms with Gasteiger partial charge in [0.05, 0.1) is 5.52 Å². The van der Waals surface area contributed by atoms with Gasteiger partial charge in [0.2, 0.25) is 0 Å². The third-order valence-corrected chi connectivity index (χ3v) is 4.68. The molecule has 0 aliphatic carbocycles. The van der Waals surface area contributed by atoms with Crippen molar-refractivity contribution in [1.82, 2.24) is 4.98 Å². The molecule has 1 heterocycles. The molecular formula is C19H15F6NO2. The molecule has 0 bridgehead atoms. The number of H-pyrrole nitrogens is 1. The van der Waals surface area contributed by atoms with Crippen LogP contribution in [0.15, 0.2) is 41.2 Å². The van der Waals surface area contributed by atoms with E-state index in [0.29, 0.717) is 18.6 Å². The monoisotopic (exact) mass is 403 g/mol. The van der Waals surface area contributed by atoms with Gasteiger partial charge in [-0.25, -0.2) is 0 Å². The molecule has 3 nitrogen and oxygen atoms in total. The van der Waals surface area contributed by atoms with E-state index in [-0.39, 0.29) is 33.7 Å². The number of pyridine rings is 1. The molecule has 0 radical (unpaired) electrons. The van der Waals surface area contributed by atoms with E-state index in [0.717, 1.165) is 0 Å². The number of aliphatic hydroxyl groups is 1. The molecule has 150 valence electrons. The maximum absolute atomic E-state index is 13.4. The van der Waals surface area contributed by atoms with Crippen LogP contribution < -0.4 is 5.56 Å². The Labute approximate surface area is 154 Å². The van der Waals surface area contributed by atoms with Gasteiger partial charge >= 0.3 is 12.4 Å². The molecule has 0 saturated carbocycles. The zero-order chi connectivity index (χ0) is 20.9. The fraction of sp³-hybridized carbons (Fsp3) is 0.316. The highest BCUT2D eigenvalue weighted by atomic mass is 19.4. The average Bonchev–Trinajstić information content (AvgIpc) is 2.60. The second-order valence-corrected chi connectivity index (χ2v) is 6.51. The van der Waals surface area contributed by atoms with Gasteiger partial charge in [-0.05, 0) is 29.5 Å². The smallest absolute Gasteiger partial charge is 0.369 e. The number of aromatic amines is 1. The molecule has 2 N–H and O–H groups in total. The van der Waals surface area contributed by atoms with Crippen molar-refractivity contribution in [2.24, 2.45) is 0 Å². The van der Waals surface area contributed by atoms with E-state index in [9.17, 15) is 36.2 Å². The third kappa shape index (κ3) is 2.94. The highest BCUT2D eigenvalue weighted by Crippen LogP contribution is 2.50. The number of fused-ring (bicyclic) bond motifs is 3. The van der Waals surface area contributed by atoms with Crippen LogP contribution in [-0.4, -0.2) is 22.4 Å². The normalized spacial score (nSPS) is 13.4. The number of rotatable bonds is 3. The van der Waals surface area contributed by atoms with E-state index in [1.54, 1.807) is 6.92 Å². The van der Waals surface area contributed by atoms with Gasteiger partial charge in [0.25, 0.3) is 11.2 Å². The molecule has 0 amide bonds. The Morgan fingerprint density at radius 3 is 2.04 bits per heavy atom. The molecule has 3 aromatic rings. The van der Waals surface area contributed by atoms with Gasteiger partial charge in [0, 0.05) is 16.3 Å². The molecule has 0 unspecified atom stereocenters. The summed E-state index contributed by atoms with van der Waals surface area (Å²) in [5, 5.41) is 10.1. The van der Waals surface area contributed by atoms with E-state index >= 15 is 0 Å². The Hall–Kier alpha value is -2.55. The first kappa shape index (κ1) is 20.2. The Morgan fingerprint density at radius 2 is 1.50 bits per heavy atom. The lowest BCUT2D eigenvalue weighted by molar-refractivity contribution is -0.376. The Bertz CT molecular complexity index is 1080. The number of nitrogens with one attached hydrogen (secondary N) is 1. The molecule has 0 atom stereocenters. The Morgan fingerprint density at radius 1 is 0.929 bits per heavy atom. The highest BCUT2D eigenvalue weighted by molar-refractivity contribution is 6.06. The quantitative estimate of drug-likeness (QED) is 0.481. The number of halogens is 6. The molecule has 0 fully saturated rings. The van der Waals surface area contributed by atoms with Gasteiger partial charge in [0.15, 0.2) is 0 Å². The molecule has 0 aliphatic rings. The Balaban J connectivity index is 2.50. The largest absolute Gasteiger partial charge is 0.430 e. The first-order valence-corrected chi connectivity index (χ1v) is 8.35. The molecule has 1 aromatic heterocycles. The zero-order valence-corrected chi connectivity index (χ0v) is 14.5. The highest BCUT2D eigenvalue weighted by Gasteiger charge is 2.71. The van der Waals surface area contributed by atoms with Gasteiger partial charge in [-0.1, -0.05) is 37.6 Å². The molecule has 9 heteroatoms. The summed E-state index contributed by atoms with van der Waals surface area (Å²) >= 11 is 0. The van der Waals surface area contributed by atoms with E-state index in [1.807, 2.05) is 0 Å². The van der Waals surface area contributed by atoms with Gasteiger partial charge in [-0.3, -0.25) is 4.79 Å². The Kier molecular flexibility index (Phi) is 4.69. The van der Waals surface area contributed by atoms with Crippen LogP contribution in [0.4, 0.5) is 26.3 Å². The van der Waals surface area contributed by atoms with E-state index in [2.05, 4.69) is 4.98 Å². The van der Waals surface area contributed by atoms with Crippen LogP contribution in [-0.2, 0) is 12.0 Å². The average molecular weight is 403 g/mol. The summed E-state index contributed by atoms with van der Waals surface area (Å²) in [5.74, 6) is 0. The standard InChI is InChI=1S/C19H15F6NO2/c1-2-5-10-8-11(17(28,18(20,21)22)19(23,24)25)9-14-12-6-3-4-7-13(12)16(27)26-15(10)14/h3-4,6-9,28H,2,5H2,1H3,(H,26,27). The van der Waals surface area contributed by atoms with Crippen molar-refractivity contribution in [3.05, 3.63) is 57.9 Å². The van der Waals surface area contributed by atoms with Crippen molar-refractivity contribution in [2.75, 3.05) is 0 Å². The number of alkyl halides is 6. The van der Waals surface area contributed by atoms with E-state index in [1.165, 1.54) is 24.3 Å². The fourth-order valence-electron chi connectivity index (χ4n) is 3.32. The third-order valence-electron chi connectivity index (χ3n) is 4.68. The van der Waals surface area contributed by atoms with Crippen molar-refractivity contribution >= 4 is 21.7 Å². The van der Waals surface area contributed by atoms with Crippen molar-refractivity contribution in [1.29, 1.82) is 0 Å². The van der Waals surface area contributed by atoms with E-state index < -0.39 is 29.1 Å². The molecule has 3 rings (SSSR count). The van der Waals surface area contributed by atoms with Crippen LogP contribution in [0, 0.1) is 0 Å². The molecule has 0 saturated heterocycles. The second-order valence-electron chi connectivity index (χ2n) is 6.51. The summed E-state index contributed by atoms with van der Waals surface area (Å²) in [6.45, 7) is 1.69.